The number of fused-ring (bicyclic) bond motifs is 3. The second-order valence-electron chi connectivity index (χ2n) is 10.1. The minimum absolute atomic E-state index is 0.366. The lowest BCUT2D eigenvalue weighted by Crippen LogP contribution is -2.41. The van der Waals surface area contributed by atoms with Crippen molar-refractivity contribution in [3.05, 3.63) is 97.1 Å². The Morgan fingerprint density at radius 3 is 1.83 bits per heavy atom. The molecule has 1 aliphatic heterocycles. The number of hydrogen-bond donors (Lipinski definition) is 0. The number of anilines is 3. The van der Waals surface area contributed by atoms with Crippen LogP contribution < -0.4 is 10.4 Å². The maximum Gasteiger partial charge on any atom is 0.496 e. The lowest BCUT2D eigenvalue weighted by Gasteiger charge is -2.32. The second-order valence-corrected chi connectivity index (χ2v) is 11.2. The van der Waals surface area contributed by atoms with Crippen LogP contribution in [0.1, 0.15) is 27.7 Å². The van der Waals surface area contributed by atoms with Gasteiger partial charge in [-0.3, -0.25) is 0 Å². The fourth-order valence-corrected chi connectivity index (χ4v) is 5.91. The summed E-state index contributed by atoms with van der Waals surface area (Å²) in [6.07, 6.45) is 0. The summed E-state index contributed by atoms with van der Waals surface area (Å²) >= 11 is 1.81. The van der Waals surface area contributed by atoms with Crippen LogP contribution >= 0.6 is 11.3 Å². The molecule has 0 bridgehead atoms. The first kappa shape index (κ1) is 22.4. The molecule has 0 aliphatic carbocycles. The topological polar surface area (TPSA) is 21.7 Å². The Bertz CT molecular complexity index is 1460. The molecule has 35 heavy (non-hydrogen) atoms. The molecule has 4 aromatic carbocycles. The van der Waals surface area contributed by atoms with Crippen molar-refractivity contribution in [1.82, 2.24) is 0 Å². The molecular weight excluding hydrogens is 449 g/mol. The maximum absolute atomic E-state index is 6.41. The summed E-state index contributed by atoms with van der Waals surface area (Å²) in [5.41, 5.74) is 3.78. The van der Waals surface area contributed by atoms with Gasteiger partial charge < -0.3 is 14.2 Å². The molecule has 1 aromatic heterocycles. The molecule has 0 N–H and O–H groups in total. The van der Waals surface area contributed by atoms with Gasteiger partial charge in [0.15, 0.2) is 0 Å². The molecule has 0 amide bonds. The predicted molar refractivity (Wildman–Crippen MR) is 150 cm³/mol. The van der Waals surface area contributed by atoms with Gasteiger partial charge >= 0.3 is 7.12 Å². The molecule has 1 saturated heterocycles. The Morgan fingerprint density at radius 2 is 1.23 bits per heavy atom. The quantitative estimate of drug-likeness (QED) is 0.246. The van der Waals surface area contributed by atoms with Gasteiger partial charge in [-0.2, -0.15) is 0 Å². The molecule has 174 valence electrons. The van der Waals surface area contributed by atoms with E-state index < -0.39 is 0 Å². The van der Waals surface area contributed by atoms with E-state index >= 15 is 0 Å². The van der Waals surface area contributed by atoms with Gasteiger partial charge in [0, 0.05) is 42.7 Å². The minimum atomic E-state index is -0.374. The van der Waals surface area contributed by atoms with Gasteiger partial charge in [-0.05, 0) is 70.2 Å². The number of nitrogens with zero attached hydrogens (tertiary/aromatic N) is 1. The molecule has 1 aliphatic rings. The number of hydrogen-bond acceptors (Lipinski definition) is 4. The number of thiophene rings is 1. The normalized spacial score (nSPS) is 16.7. The van der Waals surface area contributed by atoms with E-state index in [4.69, 9.17) is 9.31 Å². The summed E-state index contributed by atoms with van der Waals surface area (Å²) in [4.78, 5) is 2.31. The van der Waals surface area contributed by atoms with E-state index in [1.807, 2.05) is 11.3 Å². The molecule has 2 heterocycles. The van der Waals surface area contributed by atoms with Gasteiger partial charge in [0.05, 0.1) is 11.2 Å². The zero-order valence-electron chi connectivity index (χ0n) is 20.5. The SMILES string of the molecule is CC1(C)OB(c2cccc3c2sc2ccc(N(c4ccccc4)c4ccccc4)cc23)OC1(C)C. The van der Waals surface area contributed by atoms with Gasteiger partial charge in [-0.1, -0.05) is 54.6 Å². The van der Waals surface area contributed by atoms with E-state index in [2.05, 4.69) is 130 Å². The monoisotopic (exact) mass is 477 g/mol. The van der Waals surface area contributed by atoms with Crippen LogP contribution in [0.2, 0.25) is 0 Å². The Kier molecular flexibility index (Phi) is 5.26. The first-order chi connectivity index (χ1) is 16.8. The predicted octanol–water partition coefficient (Wildman–Crippen LogP) is 7.82. The van der Waals surface area contributed by atoms with E-state index in [0.29, 0.717) is 0 Å². The lowest BCUT2D eigenvalue weighted by molar-refractivity contribution is 0.00578. The summed E-state index contributed by atoms with van der Waals surface area (Å²) in [6, 6.07) is 34.3. The molecule has 5 heteroatoms. The Balaban J connectivity index is 1.49. The van der Waals surface area contributed by atoms with E-state index in [0.717, 1.165) is 22.5 Å². The van der Waals surface area contributed by atoms with Crippen LogP contribution in [-0.4, -0.2) is 18.3 Å². The molecule has 6 rings (SSSR count). The van der Waals surface area contributed by atoms with Gasteiger partial charge in [0.2, 0.25) is 0 Å². The van der Waals surface area contributed by atoms with Crippen molar-refractivity contribution in [2.45, 2.75) is 38.9 Å². The standard InChI is InChI=1S/C30H28BNO2S/c1-29(2)30(3,4)34-31(33-29)26-17-11-16-24-25-20-23(18-19-27(25)35-28(24)26)32(21-12-7-5-8-13-21)22-14-9-6-10-15-22/h5-20H,1-4H3. The average molecular weight is 477 g/mol. The lowest BCUT2D eigenvalue weighted by atomic mass is 9.78. The van der Waals surface area contributed by atoms with Crippen molar-refractivity contribution >= 4 is 61.2 Å². The van der Waals surface area contributed by atoms with Gasteiger partial charge in [0.25, 0.3) is 0 Å². The maximum atomic E-state index is 6.41. The molecule has 3 nitrogen and oxygen atoms in total. The highest BCUT2D eigenvalue weighted by molar-refractivity contribution is 7.27. The second kappa shape index (κ2) is 8.23. The third-order valence-electron chi connectivity index (χ3n) is 7.30. The fourth-order valence-electron chi connectivity index (χ4n) is 4.70. The third-order valence-corrected chi connectivity index (χ3v) is 8.54. The molecule has 0 atom stereocenters. The van der Waals surface area contributed by atoms with Crippen LogP contribution in [0.25, 0.3) is 20.2 Å². The zero-order valence-corrected chi connectivity index (χ0v) is 21.3. The number of para-hydroxylation sites is 2. The fraction of sp³-hybridized carbons (Fsp3) is 0.200. The van der Waals surface area contributed by atoms with Crippen molar-refractivity contribution in [2.75, 3.05) is 4.90 Å². The third kappa shape index (κ3) is 3.75. The largest absolute Gasteiger partial charge is 0.496 e. The summed E-state index contributed by atoms with van der Waals surface area (Å²) in [5, 5.41) is 2.48. The molecule has 0 spiro atoms. The first-order valence-electron chi connectivity index (χ1n) is 12.1. The van der Waals surface area contributed by atoms with Crippen molar-refractivity contribution < 1.29 is 9.31 Å². The molecule has 0 radical (unpaired) electrons. The number of rotatable bonds is 4. The van der Waals surface area contributed by atoms with Crippen LogP contribution in [0.15, 0.2) is 97.1 Å². The van der Waals surface area contributed by atoms with Gasteiger partial charge in [0.1, 0.15) is 0 Å². The first-order valence-corrected chi connectivity index (χ1v) is 12.9. The van der Waals surface area contributed by atoms with Crippen molar-refractivity contribution in [3.8, 4) is 0 Å². The van der Waals surface area contributed by atoms with Crippen LogP contribution in [0.5, 0.6) is 0 Å². The molecule has 1 fully saturated rings. The van der Waals surface area contributed by atoms with Crippen molar-refractivity contribution in [1.29, 1.82) is 0 Å². The smallest absolute Gasteiger partial charge is 0.399 e. The Morgan fingerprint density at radius 1 is 0.629 bits per heavy atom. The average Bonchev–Trinajstić information content (AvgIpc) is 3.33. The van der Waals surface area contributed by atoms with Crippen molar-refractivity contribution in [2.24, 2.45) is 0 Å². The van der Waals surface area contributed by atoms with E-state index in [1.54, 1.807) is 0 Å². The highest BCUT2D eigenvalue weighted by Gasteiger charge is 2.52. The van der Waals surface area contributed by atoms with Crippen LogP contribution in [0.4, 0.5) is 17.1 Å². The Labute approximate surface area is 211 Å². The van der Waals surface area contributed by atoms with E-state index in [-0.39, 0.29) is 18.3 Å². The summed E-state index contributed by atoms with van der Waals surface area (Å²) in [5.74, 6) is 0. The van der Waals surface area contributed by atoms with Crippen LogP contribution in [-0.2, 0) is 9.31 Å². The summed E-state index contributed by atoms with van der Waals surface area (Å²) in [7, 11) is -0.374. The van der Waals surface area contributed by atoms with E-state index in [1.165, 1.54) is 20.2 Å². The molecule has 0 saturated carbocycles. The highest BCUT2D eigenvalue weighted by atomic mass is 32.1. The van der Waals surface area contributed by atoms with Gasteiger partial charge in [-0.15, -0.1) is 11.3 Å². The summed E-state index contributed by atoms with van der Waals surface area (Å²) in [6.45, 7) is 8.41. The molecule has 5 aromatic rings. The zero-order chi connectivity index (χ0) is 24.2. The van der Waals surface area contributed by atoms with Crippen molar-refractivity contribution in [3.63, 3.8) is 0 Å². The minimum Gasteiger partial charge on any atom is -0.399 e. The van der Waals surface area contributed by atoms with E-state index in [9.17, 15) is 0 Å². The number of benzene rings is 4. The van der Waals surface area contributed by atoms with Gasteiger partial charge in [-0.25, -0.2) is 0 Å². The summed E-state index contributed by atoms with van der Waals surface area (Å²) < 4.78 is 15.3. The van der Waals surface area contributed by atoms with Crippen LogP contribution in [0, 0.1) is 0 Å². The van der Waals surface area contributed by atoms with Crippen LogP contribution in [0.3, 0.4) is 0 Å². The molecule has 0 unspecified atom stereocenters. The molecular formula is C30H28BNO2S. The highest BCUT2D eigenvalue weighted by Crippen LogP contribution is 2.41. The Hall–Kier alpha value is -3.12.